The normalized spacial score (nSPS) is 31.9. The van der Waals surface area contributed by atoms with E-state index in [-0.39, 0.29) is 17.9 Å². The summed E-state index contributed by atoms with van der Waals surface area (Å²) in [7, 11) is 0. The number of carbonyl (C=O) groups is 1. The Kier molecular flexibility index (Phi) is 2.84. The smallest absolute Gasteiger partial charge is 0.224 e. The van der Waals surface area contributed by atoms with Gasteiger partial charge in [0.25, 0.3) is 0 Å². The molecular weight excluding hydrogens is 250 g/mol. The number of aliphatic hydroxyl groups excluding tert-OH is 1. The Morgan fingerprint density at radius 3 is 2.90 bits per heavy atom. The fraction of sp³-hybridized carbons (Fsp3) is 0.588. The molecule has 2 fully saturated rings. The largest absolute Gasteiger partial charge is 0.391 e. The lowest BCUT2D eigenvalue weighted by Crippen LogP contribution is -2.34. The van der Waals surface area contributed by atoms with E-state index in [1.165, 1.54) is 11.1 Å². The standard InChI is InChI=1S/C17H21NO2/c19-14(11-5-6-11)9-18-17(20)16-13-8-7-10-3-1-2-4-12(10)15(13)16/h1-4,11,13-16,19H,5-9H2,(H,18,20). The summed E-state index contributed by atoms with van der Waals surface area (Å²) >= 11 is 0. The van der Waals surface area contributed by atoms with Gasteiger partial charge in [0.2, 0.25) is 5.91 Å². The van der Waals surface area contributed by atoms with Crippen LogP contribution in [0.1, 0.15) is 36.3 Å². The number of hydrogen-bond donors (Lipinski definition) is 2. The van der Waals surface area contributed by atoms with Crippen LogP contribution in [0.5, 0.6) is 0 Å². The van der Waals surface area contributed by atoms with Gasteiger partial charge in [-0.15, -0.1) is 0 Å². The Hall–Kier alpha value is -1.35. The molecule has 4 unspecified atom stereocenters. The van der Waals surface area contributed by atoms with E-state index in [1.54, 1.807) is 0 Å². The molecule has 0 aromatic heterocycles. The number of amides is 1. The zero-order valence-corrected chi connectivity index (χ0v) is 11.6. The molecule has 4 atom stereocenters. The van der Waals surface area contributed by atoms with E-state index in [2.05, 4.69) is 29.6 Å². The van der Waals surface area contributed by atoms with E-state index in [1.807, 2.05) is 0 Å². The summed E-state index contributed by atoms with van der Waals surface area (Å²) in [5, 5.41) is 12.8. The summed E-state index contributed by atoms with van der Waals surface area (Å²) in [5.74, 6) is 1.68. The second kappa shape index (κ2) is 4.59. The number of aryl methyl sites for hydroxylation is 1. The van der Waals surface area contributed by atoms with Crippen molar-refractivity contribution >= 4 is 5.91 Å². The van der Waals surface area contributed by atoms with Gasteiger partial charge in [0, 0.05) is 12.5 Å². The fourth-order valence-electron chi connectivity index (χ4n) is 3.89. The molecule has 4 rings (SSSR count). The number of rotatable bonds is 4. The van der Waals surface area contributed by atoms with Gasteiger partial charge < -0.3 is 10.4 Å². The number of hydrogen-bond acceptors (Lipinski definition) is 2. The van der Waals surface area contributed by atoms with Crippen molar-refractivity contribution in [3.63, 3.8) is 0 Å². The van der Waals surface area contributed by atoms with Gasteiger partial charge in [-0.1, -0.05) is 24.3 Å². The van der Waals surface area contributed by atoms with E-state index in [0.717, 1.165) is 25.7 Å². The zero-order valence-electron chi connectivity index (χ0n) is 11.6. The lowest BCUT2D eigenvalue weighted by molar-refractivity contribution is -0.123. The van der Waals surface area contributed by atoms with Crippen molar-refractivity contribution in [2.24, 2.45) is 17.8 Å². The molecule has 0 aliphatic heterocycles. The highest BCUT2D eigenvalue weighted by molar-refractivity contribution is 5.84. The average Bonchev–Trinajstić information content (AvgIpc) is 3.37. The van der Waals surface area contributed by atoms with Crippen LogP contribution in [0.3, 0.4) is 0 Å². The molecule has 3 heteroatoms. The van der Waals surface area contributed by atoms with E-state index in [0.29, 0.717) is 24.3 Å². The van der Waals surface area contributed by atoms with E-state index in [9.17, 15) is 9.90 Å². The monoisotopic (exact) mass is 271 g/mol. The number of fused-ring (bicyclic) bond motifs is 3. The van der Waals surface area contributed by atoms with Gasteiger partial charge in [0.15, 0.2) is 0 Å². The third-order valence-corrected chi connectivity index (χ3v) is 5.28. The third-order valence-electron chi connectivity index (χ3n) is 5.28. The number of carbonyl (C=O) groups excluding carboxylic acids is 1. The molecule has 3 aliphatic rings. The Morgan fingerprint density at radius 2 is 2.10 bits per heavy atom. The minimum atomic E-state index is -0.341. The van der Waals surface area contributed by atoms with Crippen LogP contribution in [0.15, 0.2) is 24.3 Å². The van der Waals surface area contributed by atoms with Gasteiger partial charge in [0.1, 0.15) is 0 Å². The summed E-state index contributed by atoms with van der Waals surface area (Å²) in [6.07, 6.45) is 4.11. The SMILES string of the molecule is O=C(NCC(O)C1CC1)C1C2CCc3ccccc3C21. The van der Waals surface area contributed by atoms with Crippen molar-refractivity contribution < 1.29 is 9.90 Å². The first-order chi connectivity index (χ1) is 9.75. The molecule has 0 heterocycles. The van der Waals surface area contributed by atoms with Gasteiger partial charge >= 0.3 is 0 Å². The van der Waals surface area contributed by atoms with Gasteiger partial charge in [-0.25, -0.2) is 0 Å². The Labute approximate surface area is 119 Å². The molecule has 0 saturated heterocycles. The maximum atomic E-state index is 12.3. The Morgan fingerprint density at radius 1 is 1.30 bits per heavy atom. The molecule has 20 heavy (non-hydrogen) atoms. The third kappa shape index (κ3) is 2.05. The van der Waals surface area contributed by atoms with Crippen LogP contribution in [0, 0.1) is 17.8 Å². The maximum absolute atomic E-state index is 12.3. The molecular formula is C17H21NO2. The van der Waals surface area contributed by atoms with Crippen LogP contribution in [0.4, 0.5) is 0 Å². The second-order valence-corrected chi connectivity index (χ2v) is 6.60. The summed E-state index contributed by atoms with van der Waals surface area (Å²) in [5.41, 5.74) is 2.80. The van der Waals surface area contributed by atoms with Gasteiger partial charge in [-0.2, -0.15) is 0 Å². The predicted molar refractivity (Wildman–Crippen MR) is 76.2 cm³/mol. The summed E-state index contributed by atoms with van der Waals surface area (Å²) in [4.78, 5) is 12.3. The average molecular weight is 271 g/mol. The number of nitrogens with one attached hydrogen (secondary N) is 1. The topological polar surface area (TPSA) is 49.3 Å². The minimum absolute atomic E-state index is 0.144. The van der Waals surface area contributed by atoms with E-state index >= 15 is 0 Å². The van der Waals surface area contributed by atoms with Crippen LogP contribution in [-0.4, -0.2) is 23.7 Å². The van der Waals surface area contributed by atoms with Crippen molar-refractivity contribution in [1.29, 1.82) is 0 Å². The predicted octanol–water partition coefficient (Wildman–Crippen LogP) is 1.85. The lowest BCUT2D eigenvalue weighted by Gasteiger charge is -2.13. The van der Waals surface area contributed by atoms with E-state index in [4.69, 9.17) is 0 Å². The first-order valence-corrected chi connectivity index (χ1v) is 7.79. The molecule has 3 aliphatic carbocycles. The van der Waals surface area contributed by atoms with Crippen LogP contribution in [-0.2, 0) is 11.2 Å². The highest BCUT2D eigenvalue weighted by Gasteiger charge is 2.56. The Balaban J connectivity index is 1.40. The van der Waals surface area contributed by atoms with Crippen molar-refractivity contribution in [2.45, 2.75) is 37.7 Å². The molecule has 0 radical (unpaired) electrons. The Bertz CT molecular complexity index is 538. The highest BCUT2D eigenvalue weighted by atomic mass is 16.3. The number of aliphatic hydroxyl groups is 1. The fourth-order valence-corrected chi connectivity index (χ4v) is 3.89. The molecule has 2 N–H and O–H groups in total. The molecule has 3 nitrogen and oxygen atoms in total. The van der Waals surface area contributed by atoms with Crippen molar-refractivity contribution in [3.05, 3.63) is 35.4 Å². The molecule has 106 valence electrons. The van der Waals surface area contributed by atoms with Crippen molar-refractivity contribution in [3.8, 4) is 0 Å². The number of benzene rings is 1. The lowest BCUT2D eigenvalue weighted by atomic mass is 9.92. The molecule has 0 bridgehead atoms. The van der Waals surface area contributed by atoms with Crippen LogP contribution in [0.2, 0.25) is 0 Å². The molecule has 1 amide bonds. The highest BCUT2D eigenvalue weighted by Crippen LogP contribution is 2.59. The summed E-state index contributed by atoms with van der Waals surface area (Å²) in [6, 6.07) is 8.53. The molecule has 1 aromatic rings. The first-order valence-electron chi connectivity index (χ1n) is 7.79. The van der Waals surface area contributed by atoms with Crippen molar-refractivity contribution in [1.82, 2.24) is 5.32 Å². The maximum Gasteiger partial charge on any atom is 0.224 e. The van der Waals surface area contributed by atoms with Crippen LogP contribution >= 0.6 is 0 Å². The van der Waals surface area contributed by atoms with Gasteiger partial charge in [-0.05, 0) is 54.6 Å². The minimum Gasteiger partial charge on any atom is -0.391 e. The van der Waals surface area contributed by atoms with Crippen molar-refractivity contribution in [2.75, 3.05) is 6.54 Å². The van der Waals surface area contributed by atoms with Gasteiger partial charge in [-0.3, -0.25) is 4.79 Å². The molecule has 0 spiro atoms. The van der Waals surface area contributed by atoms with Gasteiger partial charge in [0.05, 0.1) is 6.10 Å². The summed E-state index contributed by atoms with van der Waals surface area (Å²) < 4.78 is 0. The second-order valence-electron chi connectivity index (χ2n) is 6.60. The van der Waals surface area contributed by atoms with E-state index < -0.39 is 0 Å². The van der Waals surface area contributed by atoms with Crippen LogP contribution in [0.25, 0.3) is 0 Å². The van der Waals surface area contributed by atoms with Crippen LogP contribution < -0.4 is 5.32 Å². The quantitative estimate of drug-likeness (QED) is 0.878. The molecule has 2 saturated carbocycles. The first kappa shape index (κ1) is 12.4. The zero-order chi connectivity index (χ0) is 13.7. The summed E-state index contributed by atoms with van der Waals surface area (Å²) in [6.45, 7) is 0.432. The molecule has 1 aromatic carbocycles.